The van der Waals surface area contributed by atoms with Crippen LogP contribution in [0, 0.1) is 13.8 Å². The van der Waals surface area contributed by atoms with Gasteiger partial charge in [0.15, 0.2) is 6.61 Å². The fraction of sp³-hybridized carbons (Fsp3) is 0.310. The molecule has 0 unspecified atom stereocenters. The lowest BCUT2D eigenvalue weighted by atomic mass is 9.93. The Labute approximate surface area is 212 Å². The average molecular weight is 491 g/mol. The summed E-state index contributed by atoms with van der Waals surface area (Å²) in [6.45, 7) is 3.70. The second kappa shape index (κ2) is 13.3. The molecular formula is C29H34N2O5. The van der Waals surface area contributed by atoms with E-state index in [1.54, 1.807) is 0 Å². The van der Waals surface area contributed by atoms with Crippen molar-refractivity contribution in [3.63, 3.8) is 0 Å². The van der Waals surface area contributed by atoms with Gasteiger partial charge in [-0.15, -0.1) is 0 Å². The minimum atomic E-state index is -1.21. The molecule has 0 saturated heterocycles. The van der Waals surface area contributed by atoms with Gasteiger partial charge in [-0.2, -0.15) is 0 Å². The van der Waals surface area contributed by atoms with E-state index in [0.717, 1.165) is 22.3 Å². The highest BCUT2D eigenvalue weighted by Gasteiger charge is 2.26. The predicted molar refractivity (Wildman–Crippen MR) is 139 cm³/mol. The van der Waals surface area contributed by atoms with Crippen LogP contribution < -0.4 is 15.4 Å². The molecule has 2 amide bonds. The number of aliphatic hydroxyl groups is 1. The summed E-state index contributed by atoms with van der Waals surface area (Å²) in [5.41, 5.74) is 3.79. The number of hydrogen-bond acceptors (Lipinski definition) is 4. The Morgan fingerprint density at radius 1 is 0.806 bits per heavy atom. The zero-order chi connectivity index (χ0) is 25.9. The summed E-state index contributed by atoms with van der Waals surface area (Å²) in [6.07, 6.45) is -1.24. The summed E-state index contributed by atoms with van der Waals surface area (Å²) in [5.74, 6) is 0.373. The molecule has 0 heterocycles. The first-order chi connectivity index (χ1) is 17.3. The zero-order valence-electron chi connectivity index (χ0n) is 20.7. The Balaban J connectivity index is 1.70. The van der Waals surface area contributed by atoms with Crippen LogP contribution in [0.4, 0.5) is 4.79 Å². The molecule has 0 bridgehead atoms. The van der Waals surface area contributed by atoms with Crippen molar-refractivity contribution in [1.82, 2.24) is 10.6 Å². The third kappa shape index (κ3) is 8.43. The third-order valence-corrected chi connectivity index (χ3v) is 6.04. The number of rotatable bonds is 12. The van der Waals surface area contributed by atoms with Crippen molar-refractivity contribution in [2.45, 2.75) is 51.3 Å². The van der Waals surface area contributed by atoms with Crippen molar-refractivity contribution in [1.29, 1.82) is 0 Å². The van der Waals surface area contributed by atoms with E-state index in [1.807, 2.05) is 92.7 Å². The Bertz CT molecular complexity index is 1100. The normalized spacial score (nSPS) is 13.3. The van der Waals surface area contributed by atoms with Crippen molar-refractivity contribution in [2.75, 3.05) is 6.61 Å². The average Bonchev–Trinajstić information content (AvgIpc) is 2.84. The molecule has 3 rings (SSSR count). The monoisotopic (exact) mass is 490 g/mol. The van der Waals surface area contributed by atoms with Crippen LogP contribution in [0.3, 0.4) is 0 Å². The van der Waals surface area contributed by atoms with E-state index in [1.165, 1.54) is 0 Å². The highest BCUT2D eigenvalue weighted by Crippen LogP contribution is 2.22. The number of carbonyl (C=O) groups is 2. The molecule has 36 heavy (non-hydrogen) atoms. The minimum absolute atomic E-state index is 0.159. The van der Waals surface area contributed by atoms with Crippen LogP contribution in [0.15, 0.2) is 78.9 Å². The molecule has 0 aliphatic rings. The van der Waals surface area contributed by atoms with E-state index in [4.69, 9.17) is 4.74 Å². The second-order valence-electron chi connectivity index (χ2n) is 9.01. The van der Waals surface area contributed by atoms with E-state index < -0.39 is 24.3 Å². The maximum Gasteiger partial charge on any atom is 0.404 e. The zero-order valence-corrected chi connectivity index (χ0v) is 20.7. The number of carbonyl (C=O) groups excluding carboxylic acids is 1. The van der Waals surface area contributed by atoms with Gasteiger partial charge >= 0.3 is 6.09 Å². The first-order valence-electron chi connectivity index (χ1n) is 12.1. The molecule has 3 atom stereocenters. The van der Waals surface area contributed by atoms with Gasteiger partial charge in [0.25, 0.3) is 5.91 Å². The second-order valence-corrected chi connectivity index (χ2v) is 9.01. The molecule has 0 saturated carbocycles. The van der Waals surface area contributed by atoms with Gasteiger partial charge in [-0.3, -0.25) is 4.79 Å². The maximum atomic E-state index is 12.8. The standard InChI is InChI=1S/C29H34N2O5/c1-20-10-9-11-21(2)28(20)36-19-27(33)30-24(16-22-12-5-3-6-13-22)18-26(32)25(31-29(34)35)17-23-14-7-4-8-15-23/h3-15,24-26,31-32H,16-19H2,1-2H3,(H,30,33)(H,34,35)/t24-,25-,26+/m0/s1. The van der Waals surface area contributed by atoms with Gasteiger partial charge < -0.3 is 25.6 Å². The highest BCUT2D eigenvalue weighted by molar-refractivity contribution is 5.78. The van der Waals surface area contributed by atoms with Crippen molar-refractivity contribution in [2.24, 2.45) is 0 Å². The fourth-order valence-corrected chi connectivity index (χ4v) is 4.29. The Hall–Kier alpha value is -3.84. The molecule has 7 nitrogen and oxygen atoms in total. The number of aryl methyl sites for hydroxylation is 2. The fourth-order valence-electron chi connectivity index (χ4n) is 4.29. The summed E-state index contributed by atoms with van der Waals surface area (Å²) in [7, 11) is 0. The van der Waals surface area contributed by atoms with E-state index in [9.17, 15) is 19.8 Å². The van der Waals surface area contributed by atoms with Crippen LogP contribution in [-0.2, 0) is 17.6 Å². The topological polar surface area (TPSA) is 108 Å². The van der Waals surface area contributed by atoms with Gasteiger partial charge in [-0.1, -0.05) is 78.9 Å². The van der Waals surface area contributed by atoms with Crippen LogP contribution in [-0.4, -0.2) is 47.0 Å². The van der Waals surface area contributed by atoms with Gasteiger partial charge in [0.1, 0.15) is 5.75 Å². The van der Waals surface area contributed by atoms with Gasteiger partial charge in [-0.25, -0.2) is 4.79 Å². The molecule has 0 radical (unpaired) electrons. The Kier molecular flexibility index (Phi) is 9.89. The minimum Gasteiger partial charge on any atom is -0.483 e. The van der Waals surface area contributed by atoms with Crippen molar-refractivity contribution < 1.29 is 24.5 Å². The maximum absolute atomic E-state index is 12.8. The Morgan fingerprint density at radius 2 is 1.36 bits per heavy atom. The van der Waals surface area contributed by atoms with E-state index in [-0.39, 0.29) is 18.9 Å². The number of para-hydroxylation sites is 1. The van der Waals surface area contributed by atoms with Gasteiger partial charge in [-0.05, 0) is 55.4 Å². The van der Waals surface area contributed by atoms with Crippen LogP contribution in [0.25, 0.3) is 0 Å². The van der Waals surface area contributed by atoms with Crippen LogP contribution in [0.5, 0.6) is 5.75 Å². The smallest absolute Gasteiger partial charge is 0.404 e. The molecule has 0 fully saturated rings. The molecule has 0 aliphatic heterocycles. The number of aliphatic hydroxyl groups excluding tert-OH is 1. The first kappa shape index (κ1) is 26.8. The van der Waals surface area contributed by atoms with Crippen LogP contribution in [0.2, 0.25) is 0 Å². The number of nitrogens with one attached hydrogen (secondary N) is 2. The number of hydrogen-bond donors (Lipinski definition) is 4. The Morgan fingerprint density at radius 3 is 1.92 bits per heavy atom. The summed E-state index contributed by atoms with van der Waals surface area (Å²) in [6, 6.07) is 23.7. The summed E-state index contributed by atoms with van der Waals surface area (Å²) in [5, 5.41) is 25.8. The lowest BCUT2D eigenvalue weighted by molar-refractivity contribution is -0.124. The lowest BCUT2D eigenvalue weighted by Gasteiger charge is -2.28. The molecular weight excluding hydrogens is 456 g/mol. The van der Waals surface area contributed by atoms with Gasteiger partial charge in [0.2, 0.25) is 0 Å². The molecule has 4 N–H and O–H groups in total. The summed E-state index contributed by atoms with van der Waals surface area (Å²) in [4.78, 5) is 24.3. The van der Waals surface area contributed by atoms with Crippen molar-refractivity contribution >= 4 is 12.0 Å². The van der Waals surface area contributed by atoms with Crippen molar-refractivity contribution in [3.05, 3.63) is 101 Å². The summed E-state index contributed by atoms with van der Waals surface area (Å²) >= 11 is 0. The molecule has 0 spiro atoms. The molecule has 0 aromatic heterocycles. The van der Waals surface area contributed by atoms with E-state index >= 15 is 0 Å². The predicted octanol–water partition coefficient (Wildman–Crippen LogP) is 4.04. The quantitative estimate of drug-likeness (QED) is 0.307. The molecule has 7 heteroatoms. The molecule has 190 valence electrons. The highest BCUT2D eigenvalue weighted by atomic mass is 16.5. The number of carboxylic acid groups (broad SMARTS) is 1. The lowest BCUT2D eigenvalue weighted by Crippen LogP contribution is -2.48. The molecule has 3 aromatic carbocycles. The number of ether oxygens (including phenoxy) is 1. The first-order valence-corrected chi connectivity index (χ1v) is 12.1. The molecule has 3 aromatic rings. The van der Waals surface area contributed by atoms with E-state index in [0.29, 0.717) is 18.6 Å². The third-order valence-electron chi connectivity index (χ3n) is 6.04. The SMILES string of the molecule is Cc1cccc(C)c1OCC(=O)N[C@@H](Cc1ccccc1)C[C@@H](O)[C@H](Cc1ccccc1)NC(=O)O. The molecule has 0 aliphatic carbocycles. The van der Waals surface area contributed by atoms with Gasteiger partial charge in [0.05, 0.1) is 12.1 Å². The van der Waals surface area contributed by atoms with E-state index in [2.05, 4.69) is 10.6 Å². The van der Waals surface area contributed by atoms with Crippen molar-refractivity contribution in [3.8, 4) is 5.75 Å². The number of benzene rings is 3. The summed E-state index contributed by atoms with van der Waals surface area (Å²) < 4.78 is 5.80. The number of amides is 2. The largest absolute Gasteiger partial charge is 0.483 e. The van der Waals surface area contributed by atoms with Crippen LogP contribution in [0.1, 0.15) is 28.7 Å². The van der Waals surface area contributed by atoms with Crippen LogP contribution >= 0.6 is 0 Å². The van der Waals surface area contributed by atoms with Gasteiger partial charge in [0, 0.05) is 6.04 Å².